The van der Waals surface area contributed by atoms with Crippen LogP contribution >= 0.6 is 23.2 Å². The highest BCUT2D eigenvalue weighted by Crippen LogP contribution is 2.32. The van der Waals surface area contributed by atoms with Crippen LogP contribution < -0.4 is 5.32 Å². The Morgan fingerprint density at radius 2 is 1.76 bits per heavy atom. The third kappa shape index (κ3) is 5.60. The van der Waals surface area contributed by atoms with Crippen LogP contribution in [-0.4, -0.2) is 47.8 Å². The normalized spacial score (nSPS) is 17.7. The molecule has 196 valence electrons. The molecule has 1 unspecified atom stereocenters. The van der Waals surface area contributed by atoms with Gasteiger partial charge >= 0.3 is 0 Å². The number of likely N-dealkylation sites (tertiary alicyclic amines) is 1. The molecule has 3 aromatic carbocycles. The molecule has 0 aliphatic carbocycles. The molecule has 1 N–H and O–H groups in total. The van der Waals surface area contributed by atoms with Gasteiger partial charge in [-0.05, 0) is 47.9 Å². The predicted molar refractivity (Wildman–Crippen MR) is 143 cm³/mol. The lowest BCUT2D eigenvalue weighted by molar-refractivity contribution is 0.0816. The largest absolute Gasteiger partial charge is 0.345 e. The molecule has 2 heterocycles. The predicted octanol–water partition coefficient (Wildman–Crippen LogP) is 6.10. The summed E-state index contributed by atoms with van der Waals surface area (Å²) in [6, 6.07) is 17.3. The van der Waals surface area contributed by atoms with Crippen molar-refractivity contribution in [2.45, 2.75) is 12.5 Å². The fourth-order valence-corrected chi connectivity index (χ4v) is 5.58. The molecule has 0 spiro atoms. The number of amides is 2. The number of nitrogens with zero attached hydrogens (tertiary/aromatic N) is 2. The van der Waals surface area contributed by atoms with E-state index in [4.69, 9.17) is 23.2 Å². The summed E-state index contributed by atoms with van der Waals surface area (Å²) in [5, 5.41) is 3.21. The molecule has 38 heavy (non-hydrogen) atoms. The van der Waals surface area contributed by atoms with Gasteiger partial charge in [0.25, 0.3) is 11.8 Å². The topological polar surface area (TPSA) is 52.7 Å². The van der Waals surface area contributed by atoms with Crippen LogP contribution in [0, 0.1) is 17.6 Å². The molecule has 3 aromatic rings. The van der Waals surface area contributed by atoms with E-state index in [0.717, 1.165) is 23.7 Å². The molecule has 2 atom stereocenters. The van der Waals surface area contributed by atoms with Crippen LogP contribution in [0.5, 0.6) is 0 Å². The Morgan fingerprint density at radius 1 is 0.974 bits per heavy atom. The third-order valence-electron chi connectivity index (χ3n) is 7.00. The van der Waals surface area contributed by atoms with E-state index >= 15 is 0 Å². The van der Waals surface area contributed by atoms with Gasteiger partial charge in [-0.1, -0.05) is 59.6 Å². The van der Waals surface area contributed by atoms with Crippen LogP contribution in [0.15, 0.2) is 78.5 Å². The fraction of sp³-hybridized carbons (Fsp3) is 0.241. The van der Waals surface area contributed by atoms with Crippen molar-refractivity contribution in [1.82, 2.24) is 15.1 Å². The average Bonchev–Trinajstić information content (AvgIpc) is 3.46. The van der Waals surface area contributed by atoms with Crippen LogP contribution in [0.4, 0.5) is 8.78 Å². The number of carbonyl (C=O) groups is 2. The minimum Gasteiger partial charge on any atom is -0.345 e. The van der Waals surface area contributed by atoms with Gasteiger partial charge in [0.05, 0.1) is 27.2 Å². The zero-order valence-electron chi connectivity index (χ0n) is 20.3. The van der Waals surface area contributed by atoms with Gasteiger partial charge in [0.2, 0.25) is 0 Å². The van der Waals surface area contributed by atoms with Crippen LogP contribution in [0.1, 0.15) is 38.7 Å². The highest BCUT2D eigenvalue weighted by Gasteiger charge is 2.36. The van der Waals surface area contributed by atoms with Crippen molar-refractivity contribution in [1.29, 1.82) is 0 Å². The maximum Gasteiger partial charge on any atom is 0.262 e. The molecular formula is C29H25Cl2F2N3O2. The molecule has 2 aliphatic heterocycles. The maximum absolute atomic E-state index is 14.2. The second kappa shape index (κ2) is 11.2. The lowest BCUT2D eigenvalue weighted by Gasteiger charge is -2.24. The minimum absolute atomic E-state index is 0.0596. The monoisotopic (exact) mass is 555 g/mol. The lowest BCUT2D eigenvalue weighted by atomic mass is 10.0. The Balaban J connectivity index is 1.24. The van der Waals surface area contributed by atoms with Gasteiger partial charge < -0.3 is 10.2 Å². The first-order valence-electron chi connectivity index (χ1n) is 12.3. The van der Waals surface area contributed by atoms with Gasteiger partial charge in [-0.25, -0.2) is 8.78 Å². The molecular weight excluding hydrogens is 531 g/mol. The Kier molecular flexibility index (Phi) is 7.79. The van der Waals surface area contributed by atoms with Crippen LogP contribution in [-0.2, 0) is 0 Å². The van der Waals surface area contributed by atoms with E-state index < -0.39 is 17.5 Å². The molecule has 2 amide bonds. The second-order valence-corrected chi connectivity index (χ2v) is 10.4. The van der Waals surface area contributed by atoms with Gasteiger partial charge in [-0.3, -0.25) is 14.5 Å². The van der Waals surface area contributed by atoms with E-state index in [-0.39, 0.29) is 39.0 Å². The smallest absolute Gasteiger partial charge is 0.262 e. The van der Waals surface area contributed by atoms with Crippen molar-refractivity contribution in [2.75, 3.05) is 26.2 Å². The van der Waals surface area contributed by atoms with E-state index in [0.29, 0.717) is 26.1 Å². The summed E-state index contributed by atoms with van der Waals surface area (Å²) in [4.78, 5) is 29.7. The first kappa shape index (κ1) is 26.4. The summed E-state index contributed by atoms with van der Waals surface area (Å²) in [5.41, 5.74) is 2.18. The van der Waals surface area contributed by atoms with Gasteiger partial charge in [0.1, 0.15) is 11.6 Å². The standard InChI is InChI=1S/C29H25Cl2F2N3O2/c30-23-7-4-8-25(33)27(23)29(38)36-16-19-14-35(15-20(19)17-36)12-11-26(18-5-2-1-3-6-18)34-28(37)22-10-9-21(32)13-24(22)31/h1-10,13,16,20,26H,11-12,14-15,17H2,(H,34,37)/t20?,26-/m0/s1. The fourth-order valence-electron chi connectivity index (χ4n) is 5.08. The van der Waals surface area contributed by atoms with Crippen molar-refractivity contribution >= 4 is 35.0 Å². The zero-order chi connectivity index (χ0) is 26.8. The van der Waals surface area contributed by atoms with E-state index in [1.165, 1.54) is 30.3 Å². The number of hydrogen-bond acceptors (Lipinski definition) is 3. The number of fused-ring (bicyclic) bond motifs is 1. The molecule has 2 aliphatic rings. The molecule has 1 saturated heterocycles. The van der Waals surface area contributed by atoms with Gasteiger partial charge in [0.15, 0.2) is 0 Å². The second-order valence-electron chi connectivity index (χ2n) is 9.54. The van der Waals surface area contributed by atoms with Crippen LogP contribution in [0.2, 0.25) is 10.0 Å². The SMILES string of the molecule is O=C(N[C@@H](CCN1CC2=CN(C(=O)c3c(F)cccc3Cl)CC2C1)c1ccccc1)c1ccc(F)cc1Cl. The number of carbonyl (C=O) groups excluding carboxylic acids is 2. The Labute approximate surface area is 229 Å². The molecule has 0 bridgehead atoms. The summed E-state index contributed by atoms with van der Waals surface area (Å²) >= 11 is 12.2. The minimum atomic E-state index is -0.629. The van der Waals surface area contributed by atoms with Crippen LogP contribution in [0.25, 0.3) is 0 Å². The molecule has 0 saturated carbocycles. The van der Waals surface area contributed by atoms with Crippen molar-refractivity contribution in [3.63, 3.8) is 0 Å². The van der Waals surface area contributed by atoms with Gasteiger partial charge in [-0.15, -0.1) is 0 Å². The highest BCUT2D eigenvalue weighted by molar-refractivity contribution is 6.34. The van der Waals surface area contributed by atoms with E-state index in [9.17, 15) is 18.4 Å². The lowest BCUT2D eigenvalue weighted by Crippen LogP contribution is -2.34. The number of rotatable bonds is 7. The summed E-state index contributed by atoms with van der Waals surface area (Å²) in [6.07, 6.45) is 2.45. The van der Waals surface area contributed by atoms with Crippen molar-refractivity contribution < 1.29 is 18.4 Å². The average molecular weight is 556 g/mol. The van der Waals surface area contributed by atoms with Crippen molar-refractivity contribution in [3.05, 3.63) is 117 Å². The molecule has 5 nitrogen and oxygen atoms in total. The molecule has 1 fully saturated rings. The number of nitrogens with one attached hydrogen (secondary N) is 1. The summed E-state index contributed by atoms with van der Waals surface area (Å²) in [7, 11) is 0. The van der Waals surface area contributed by atoms with Crippen molar-refractivity contribution in [3.8, 4) is 0 Å². The number of benzene rings is 3. The first-order valence-corrected chi connectivity index (χ1v) is 13.0. The first-order chi connectivity index (χ1) is 18.3. The Bertz CT molecular complexity index is 1380. The summed E-state index contributed by atoms with van der Waals surface area (Å²) in [6.45, 7) is 2.60. The highest BCUT2D eigenvalue weighted by atomic mass is 35.5. The van der Waals surface area contributed by atoms with Gasteiger partial charge in [0, 0.05) is 38.3 Å². The number of hydrogen-bond donors (Lipinski definition) is 1. The van der Waals surface area contributed by atoms with E-state index in [2.05, 4.69) is 10.2 Å². The van der Waals surface area contributed by atoms with E-state index in [1.54, 1.807) is 4.90 Å². The molecule has 0 radical (unpaired) electrons. The quantitative estimate of drug-likeness (QED) is 0.383. The Hall–Kier alpha value is -3.26. The van der Waals surface area contributed by atoms with Gasteiger partial charge in [-0.2, -0.15) is 0 Å². The zero-order valence-corrected chi connectivity index (χ0v) is 21.9. The Morgan fingerprint density at radius 3 is 2.47 bits per heavy atom. The summed E-state index contributed by atoms with van der Waals surface area (Å²) in [5.74, 6) is -1.78. The molecule has 5 rings (SSSR count). The molecule has 0 aromatic heterocycles. The van der Waals surface area contributed by atoms with E-state index in [1.807, 2.05) is 36.5 Å². The maximum atomic E-state index is 14.2. The summed E-state index contributed by atoms with van der Waals surface area (Å²) < 4.78 is 27.7. The van der Waals surface area contributed by atoms with Crippen LogP contribution in [0.3, 0.4) is 0 Å². The number of halogens is 4. The van der Waals surface area contributed by atoms with Crippen molar-refractivity contribution in [2.24, 2.45) is 5.92 Å². The third-order valence-corrected chi connectivity index (χ3v) is 7.63. The molecule has 9 heteroatoms.